The molecule has 4 N–H and O–H groups in total. The Labute approximate surface area is 95.2 Å². The number of carbonyl (C=O) groups is 1. The largest absolute Gasteiger partial charge is 0.352 e. The van der Waals surface area contributed by atoms with Gasteiger partial charge in [-0.1, -0.05) is 0 Å². The number of primary amides is 1. The molecule has 1 rings (SSSR count). The minimum atomic E-state index is -0.491. The zero-order valence-corrected chi connectivity index (χ0v) is 9.73. The number of amides is 2. The van der Waals surface area contributed by atoms with Crippen LogP contribution in [0.4, 0.5) is 4.79 Å². The maximum atomic E-state index is 10.4. The van der Waals surface area contributed by atoms with Gasteiger partial charge in [-0.3, -0.25) is 4.68 Å². The molecule has 0 radical (unpaired) electrons. The predicted octanol–water partition coefficient (Wildman–Crippen LogP) is 0.222. The van der Waals surface area contributed by atoms with Gasteiger partial charge in [0.15, 0.2) is 0 Å². The number of hydrogen-bond donors (Lipinski definition) is 3. The third-order valence-electron chi connectivity index (χ3n) is 2.11. The highest BCUT2D eigenvalue weighted by molar-refractivity contribution is 5.71. The summed E-state index contributed by atoms with van der Waals surface area (Å²) in [6, 6.07) is -0.111. The molecule has 0 aromatic carbocycles. The Morgan fingerprint density at radius 1 is 1.56 bits per heavy atom. The fourth-order valence-electron chi connectivity index (χ4n) is 1.26. The number of aromatic nitrogens is 2. The van der Waals surface area contributed by atoms with Crippen molar-refractivity contribution >= 4 is 6.03 Å². The van der Waals surface area contributed by atoms with Crippen LogP contribution in [-0.2, 0) is 6.54 Å². The molecule has 0 aliphatic rings. The summed E-state index contributed by atoms with van der Waals surface area (Å²) >= 11 is 0. The zero-order valence-electron chi connectivity index (χ0n) is 9.73. The molecule has 0 aliphatic heterocycles. The van der Waals surface area contributed by atoms with Gasteiger partial charge in [0, 0.05) is 37.4 Å². The standard InChI is InChI=1S/C10H19N5O/c1-8(2)15-7-9(6-14-15)5-12-3-4-13-10(11)16/h6-8,12H,3-5H2,1-2H3,(H3,11,13,16). The summed E-state index contributed by atoms with van der Waals surface area (Å²) < 4.78 is 1.92. The minimum absolute atomic E-state index is 0.380. The van der Waals surface area contributed by atoms with Crippen molar-refractivity contribution in [1.29, 1.82) is 0 Å². The summed E-state index contributed by atoms with van der Waals surface area (Å²) in [6.07, 6.45) is 3.85. The molecule has 1 heterocycles. The molecule has 0 aliphatic carbocycles. The van der Waals surface area contributed by atoms with E-state index in [0.29, 0.717) is 19.1 Å². The van der Waals surface area contributed by atoms with Gasteiger partial charge in [0.05, 0.1) is 6.20 Å². The first-order valence-electron chi connectivity index (χ1n) is 5.36. The van der Waals surface area contributed by atoms with E-state index in [2.05, 4.69) is 29.6 Å². The van der Waals surface area contributed by atoms with Crippen LogP contribution in [0.3, 0.4) is 0 Å². The van der Waals surface area contributed by atoms with E-state index >= 15 is 0 Å². The second-order valence-corrected chi connectivity index (χ2v) is 3.89. The van der Waals surface area contributed by atoms with E-state index in [1.165, 1.54) is 0 Å². The highest BCUT2D eigenvalue weighted by atomic mass is 16.2. The second-order valence-electron chi connectivity index (χ2n) is 3.89. The molecule has 0 unspecified atom stereocenters. The smallest absolute Gasteiger partial charge is 0.312 e. The molecule has 0 saturated carbocycles. The van der Waals surface area contributed by atoms with Gasteiger partial charge in [0.25, 0.3) is 0 Å². The fraction of sp³-hybridized carbons (Fsp3) is 0.600. The summed E-state index contributed by atoms with van der Waals surface area (Å²) in [5, 5.41) is 9.93. The van der Waals surface area contributed by atoms with E-state index in [9.17, 15) is 4.79 Å². The summed E-state index contributed by atoms with van der Waals surface area (Å²) in [4.78, 5) is 10.4. The highest BCUT2D eigenvalue weighted by Gasteiger charge is 2.00. The number of hydrogen-bond acceptors (Lipinski definition) is 3. The van der Waals surface area contributed by atoms with E-state index in [-0.39, 0.29) is 0 Å². The molecule has 0 spiro atoms. The number of rotatable bonds is 6. The molecule has 0 bridgehead atoms. The molecule has 1 aromatic heterocycles. The van der Waals surface area contributed by atoms with E-state index in [1.54, 1.807) is 0 Å². The molecule has 1 aromatic rings. The summed E-state index contributed by atoms with van der Waals surface area (Å²) in [7, 11) is 0. The highest BCUT2D eigenvalue weighted by Crippen LogP contribution is 2.04. The molecule has 16 heavy (non-hydrogen) atoms. The number of urea groups is 1. The van der Waals surface area contributed by atoms with Crippen molar-refractivity contribution in [3.8, 4) is 0 Å². The van der Waals surface area contributed by atoms with E-state index in [0.717, 1.165) is 12.1 Å². The quantitative estimate of drug-likeness (QED) is 0.605. The van der Waals surface area contributed by atoms with Gasteiger partial charge in [-0.05, 0) is 13.8 Å². The van der Waals surface area contributed by atoms with Crippen LogP contribution in [0.2, 0.25) is 0 Å². The number of nitrogens with one attached hydrogen (secondary N) is 2. The van der Waals surface area contributed by atoms with Crippen molar-refractivity contribution in [2.45, 2.75) is 26.4 Å². The number of nitrogens with zero attached hydrogens (tertiary/aromatic N) is 2. The van der Waals surface area contributed by atoms with Gasteiger partial charge in [0.2, 0.25) is 0 Å². The van der Waals surface area contributed by atoms with Crippen LogP contribution in [0, 0.1) is 0 Å². The average molecular weight is 225 g/mol. The first kappa shape index (κ1) is 12.5. The van der Waals surface area contributed by atoms with Crippen molar-refractivity contribution in [2.24, 2.45) is 5.73 Å². The van der Waals surface area contributed by atoms with Crippen LogP contribution >= 0.6 is 0 Å². The topological polar surface area (TPSA) is 85.0 Å². The maximum Gasteiger partial charge on any atom is 0.312 e. The third-order valence-corrected chi connectivity index (χ3v) is 2.11. The van der Waals surface area contributed by atoms with Crippen LogP contribution in [0.1, 0.15) is 25.5 Å². The number of carbonyl (C=O) groups excluding carboxylic acids is 1. The minimum Gasteiger partial charge on any atom is -0.352 e. The monoisotopic (exact) mass is 225 g/mol. The van der Waals surface area contributed by atoms with Gasteiger partial charge in [-0.25, -0.2) is 4.79 Å². The molecular weight excluding hydrogens is 206 g/mol. The molecular formula is C10H19N5O. The third kappa shape index (κ3) is 4.31. The zero-order chi connectivity index (χ0) is 12.0. The van der Waals surface area contributed by atoms with Crippen molar-refractivity contribution in [2.75, 3.05) is 13.1 Å². The SMILES string of the molecule is CC(C)n1cc(CNCCNC(N)=O)cn1. The lowest BCUT2D eigenvalue weighted by atomic mass is 10.3. The summed E-state index contributed by atoms with van der Waals surface area (Å²) in [5.74, 6) is 0. The van der Waals surface area contributed by atoms with Crippen LogP contribution in [-0.4, -0.2) is 28.9 Å². The normalized spacial score (nSPS) is 10.7. The molecule has 90 valence electrons. The Morgan fingerprint density at radius 3 is 2.88 bits per heavy atom. The Kier molecular flexibility index (Phi) is 4.78. The lowest BCUT2D eigenvalue weighted by molar-refractivity contribution is 0.249. The van der Waals surface area contributed by atoms with Gasteiger partial charge in [0.1, 0.15) is 0 Å². The lowest BCUT2D eigenvalue weighted by Gasteiger charge is -2.04. The Hall–Kier alpha value is -1.56. The molecule has 6 heteroatoms. The summed E-state index contributed by atoms with van der Waals surface area (Å²) in [6.45, 7) is 6.14. The Balaban J connectivity index is 2.19. The number of nitrogens with two attached hydrogens (primary N) is 1. The molecule has 2 amide bonds. The first-order valence-corrected chi connectivity index (χ1v) is 5.36. The van der Waals surface area contributed by atoms with Gasteiger partial charge in [-0.2, -0.15) is 5.10 Å². The van der Waals surface area contributed by atoms with Crippen LogP contribution in [0.5, 0.6) is 0 Å². The van der Waals surface area contributed by atoms with Crippen LogP contribution in [0.25, 0.3) is 0 Å². The van der Waals surface area contributed by atoms with E-state index in [1.807, 2.05) is 17.1 Å². The van der Waals surface area contributed by atoms with Crippen molar-refractivity contribution < 1.29 is 4.79 Å². The molecule has 6 nitrogen and oxygen atoms in total. The molecule has 0 fully saturated rings. The van der Waals surface area contributed by atoms with Crippen LogP contribution < -0.4 is 16.4 Å². The van der Waals surface area contributed by atoms with Crippen molar-refractivity contribution in [3.63, 3.8) is 0 Å². The molecule has 0 saturated heterocycles. The lowest BCUT2D eigenvalue weighted by Crippen LogP contribution is -2.35. The Bertz CT molecular complexity index is 334. The average Bonchev–Trinajstić information content (AvgIpc) is 2.65. The first-order chi connectivity index (χ1) is 7.59. The van der Waals surface area contributed by atoms with Gasteiger partial charge >= 0.3 is 6.03 Å². The van der Waals surface area contributed by atoms with E-state index < -0.39 is 6.03 Å². The second kappa shape index (κ2) is 6.12. The van der Waals surface area contributed by atoms with Crippen LogP contribution in [0.15, 0.2) is 12.4 Å². The predicted molar refractivity (Wildman–Crippen MR) is 61.9 cm³/mol. The fourth-order valence-corrected chi connectivity index (χ4v) is 1.26. The van der Waals surface area contributed by atoms with Gasteiger partial charge in [-0.15, -0.1) is 0 Å². The van der Waals surface area contributed by atoms with E-state index in [4.69, 9.17) is 5.73 Å². The van der Waals surface area contributed by atoms with Crippen molar-refractivity contribution in [1.82, 2.24) is 20.4 Å². The molecule has 0 atom stereocenters. The van der Waals surface area contributed by atoms with Crippen molar-refractivity contribution in [3.05, 3.63) is 18.0 Å². The van der Waals surface area contributed by atoms with Gasteiger partial charge < -0.3 is 16.4 Å². The Morgan fingerprint density at radius 2 is 2.31 bits per heavy atom. The summed E-state index contributed by atoms with van der Waals surface area (Å²) in [5.41, 5.74) is 6.06. The maximum absolute atomic E-state index is 10.4.